The lowest BCUT2D eigenvalue weighted by Gasteiger charge is -2.26. The Morgan fingerprint density at radius 3 is 2.55 bits per heavy atom. The zero-order valence-electron chi connectivity index (χ0n) is 23.2. The van der Waals surface area contributed by atoms with Gasteiger partial charge in [-0.2, -0.15) is 0 Å². The lowest BCUT2D eigenvalue weighted by molar-refractivity contribution is -0.142. The molecular formula is C31H40N2O7. The van der Waals surface area contributed by atoms with E-state index in [-0.39, 0.29) is 36.9 Å². The van der Waals surface area contributed by atoms with E-state index in [9.17, 15) is 24.3 Å². The molecule has 2 N–H and O–H groups in total. The molecule has 1 aromatic rings. The minimum absolute atomic E-state index is 0.0220. The number of carboxylic acid groups (broad SMARTS) is 1. The molecule has 1 aliphatic carbocycles. The molecule has 3 rings (SSSR count). The third-order valence-electron chi connectivity index (χ3n) is 7.05. The predicted octanol–water partition coefficient (Wildman–Crippen LogP) is 4.29. The first-order valence-electron chi connectivity index (χ1n) is 14.0. The minimum Gasteiger partial charge on any atom is -0.497 e. The van der Waals surface area contributed by atoms with Gasteiger partial charge >= 0.3 is 5.97 Å². The summed E-state index contributed by atoms with van der Waals surface area (Å²) < 4.78 is 10.4. The number of unbranched alkanes of at least 4 members (excludes halogenated alkanes) is 2. The van der Waals surface area contributed by atoms with Gasteiger partial charge in [0.2, 0.25) is 11.8 Å². The van der Waals surface area contributed by atoms with Gasteiger partial charge in [0.15, 0.2) is 5.78 Å². The van der Waals surface area contributed by atoms with Crippen LogP contribution in [0.15, 0.2) is 53.8 Å². The maximum Gasteiger partial charge on any atom is 0.306 e. The Bertz CT molecular complexity index is 1110. The van der Waals surface area contributed by atoms with Crippen molar-refractivity contribution in [2.45, 2.75) is 57.8 Å². The van der Waals surface area contributed by atoms with E-state index >= 15 is 0 Å². The number of carboxylic acids is 1. The van der Waals surface area contributed by atoms with Crippen molar-refractivity contribution in [1.82, 2.24) is 10.2 Å². The van der Waals surface area contributed by atoms with Crippen molar-refractivity contribution in [2.75, 3.05) is 33.4 Å². The summed E-state index contributed by atoms with van der Waals surface area (Å²) in [5.41, 5.74) is 2.00. The zero-order chi connectivity index (χ0) is 28.7. The molecule has 9 heteroatoms. The number of nitrogens with zero attached hydrogens (tertiary/aromatic N) is 1. The van der Waals surface area contributed by atoms with E-state index < -0.39 is 11.9 Å². The van der Waals surface area contributed by atoms with Crippen molar-refractivity contribution in [3.8, 4) is 5.75 Å². The van der Waals surface area contributed by atoms with Crippen molar-refractivity contribution in [2.24, 2.45) is 5.92 Å². The fourth-order valence-electron chi connectivity index (χ4n) is 4.68. The van der Waals surface area contributed by atoms with Gasteiger partial charge in [0.25, 0.3) is 0 Å². The molecule has 1 unspecified atom stereocenters. The van der Waals surface area contributed by atoms with E-state index in [1.807, 2.05) is 30.3 Å². The number of carbonyl (C=O) groups is 4. The maximum absolute atomic E-state index is 12.5. The second kappa shape index (κ2) is 16.4. The van der Waals surface area contributed by atoms with Crippen molar-refractivity contribution < 1.29 is 33.8 Å². The summed E-state index contributed by atoms with van der Waals surface area (Å²) in [5.74, 6) is -1.12. The summed E-state index contributed by atoms with van der Waals surface area (Å²) in [6.07, 6.45) is 11.4. The molecular weight excluding hydrogens is 512 g/mol. The fraction of sp³-hybridized carbons (Fsp3) is 0.484. The molecule has 1 fully saturated rings. The summed E-state index contributed by atoms with van der Waals surface area (Å²) >= 11 is 0. The van der Waals surface area contributed by atoms with Crippen LogP contribution in [0, 0.1) is 5.92 Å². The SMILES string of the molecule is COc1ccc(/C=C/CCCCC(CC2=CC(NC(=O)CCCC(=O)N3CCOCC3)=CCC2=O)C(=O)O)cc1. The normalized spacial score (nSPS) is 16.3. The fourth-order valence-corrected chi connectivity index (χ4v) is 4.68. The van der Waals surface area contributed by atoms with Crippen LogP contribution in [0.4, 0.5) is 0 Å². The average Bonchev–Trinajstić information content (AvgIpc) is 2.96. The van der Waals surface area contributed by atoms with E-state index in [1.54, 1.807) is 24.2 Å². The standard InChI is InChI=1S/C31H40N2O7/c1-39-27-14-11-23(12-15-27)7-4-2-3-5-8-24(31(37)38)21-25-22-26(13-16-28(25)34)32-29(35)9-6-10-30(36)33-17-19-40-20-18-33/h4,7,11-15,22,24H,2-3,5-6,8-10,16-21H2,1H3,(H,32,35)(H,37,38)/b7-4+. The number of rotatable bonds is 15. The van der Waals surface area contributed by atoms with Crippen molar-refractivity contribution in [3.05, 3.63) is 59.3 Å². The third-order valence-corrected chi connectivity index (χ3v) is 7.05. The first-order chi connectivity index (χ1) is 19.4. The number of allylic oxidation sites excluding steroid dienone is 4. The Kier molecular flexibility index (Phi) is 12.6. The zero-order valence-corrected chi connectivity index (χ0v) is 23.2. The smallest absolute Gasteiger partial charge is 0.306 e. The first kappa shape index (κ1) is 30.8. The highest BCUT2D eigenvalue weighted by atomic mass is 16.5. The van der Waals surface area contributed by atoms with E-state index in [4.69, 9.17) is 9.47 Å². The van der Waals surface area contributed by atoms with Crippen molar-refractivity contribution in [3.63, 3.8) is 0 Å². The van der Waals surface area contributed by atoms with Crippen LogP contribution in [0.1, 0.15) is 63.4 Å². The number of Topliss-reactive ketones (excluding diaryl/α,β-unsaturated/α-hetero) is 1. The van der Waals surface area contributed by atoms with E-state index in [0.717, 1.165) is 30.6 Å². The number of hydrogen-bond acceptors (Lipinski definition) is 6. The van der Waals surface area contributed by atoms with Gasteiger partial charge in [-0.15, -0.1) is 0 Å². The molecule has 2 amide bonds. The largest absolute Gasteiger partial charge is 0.497 e. The van der Waals surface area contributed by atoms with Crippen LogP contribution in [0.25, 0.3) is 6.08 Å². The van der Waals surface area contributed by atoms with Gasteiger partial charge in [-0.25, -0.2) is 0 Å². The van der Waals surface area contributed by atoms with Gasteiger partial charge < -0.3 is 24.8 Å². The number of ether oxygens (including phenoxy) is 2. The van der Waals surface area contributed by atoms with Gasteiger partial charge in [-0.3, -0.25) is 19.2 Å². The second-order valence-electron chi connectivity index (χ2n) is 10.1. The number of hydrogen-bond donors (Lipinski definition) is 2. The summed E-state index contributed by atoms with van der Waals surface area (Å²) in [6.45, 7) is 2.25. The summed E-state index contributed by atoms with van der Waals surface area (Å²) in [7, 11) is 1.63. The Balaban J connectivity index is 1.40. The highest BCUT2D eigenvalue weighted by Crippen LogP contribution is 2.24. The Labute approximate surface area is 235 Å². The maximum atomic E-state index is 12.5. The molecule has 0 bridgehead atoms. The molecule has 1 atom stereocenters. The molecule has 0 saturated carbocycles. The molecule has 0 aromatic heterocycles. The molecule has 0 radical (unpaired) electrons. The molecule has 1 saturated heterocycles. The number of methoxy groups -OCH3 is 1. The van der Waals surface area contributed by atoms with E-state index in [2.05, 4.69) is 11.4 Å². The monoisotopic (exact) mass is 552 g/mol. The van der Waals surface area contributed by atoms with Crippen LogP contribution < -0.4 is 10.1 Å². The number of morpholine rings is 1. The Morgan fingerprint density at radius 1 is 1.10 bits per heavy atom. The van der Waals surface area contributed by atoms with Crippen LogP contribution in [0.5, 0.6) is 5.75 Å². The second-order valence-corrected chi connectivity index (χ2v) is 10.1. The van der Waals surface area contributed by atoms with Gasteiger partial charge in [0.1, 0.15) is 5.75 Å². The highest BCUT2D eigenvalue weighted by molar-refractivity contribution is 5.99. The van der Waals surface area contributed by atoms with Crippen molar-refractivity contribution in [1.29, 1.82) is 0 Å². The molecule has 1 aliphatic heterocycles. The summed E-state index contributed by atoms with van der Waals surface area (Å²) in [4.78, 5) is 50.8. The Hall–Kier alpha value is -3.72. The molecule has 0 spiro atoms. The number of benzene rings is 1. The Morgan fingerprint density at radius 2 is 1.85 bits per heavy atom. The minimum atomic E-state index is -0.924. The molecule has 40 heavy (non-hydrogen) atoms. The molecule has 216 valence electrons. The lowest BCUT2D eigenvalue weighted by Crippen LogP contribution is -2.40. The number of aliphatic carboxylic acids is 1. The van der Waals surface area contributed by atoms with Gasteiger partial charge in [-0.05, 0) is 61.4 Å². The predicted molar refractivity (Wildman–Crippen MR) is 151 cm³/mol. The molecule has 1 heterocycles. The van der Waals surface area contributed by atoms with Crippen LogP contribution in [-0.2, 0) is 23.9 Å². The topological polar surface area (TPSA) is 122 Å². The van der Waals surface area contributed by atoms with Gasteiger partial charge in [0, 0.05) is 38.0 Å². The number of ketones is 1. The van der Waals surface area contributed by atoms with Crippen LogP contribution >= 0.6 is 0 Å². The van der Waals surface area contributed by atoms with Gasteiger partial charge in [-0.1, -0.05) is 36.8 Å². The summed E-state index contributed by atoms with van der Waals surface area (Å²) in [5, 5.41) is 12.5. The summed E-state index contributed by atoms with van der Waals surface area (Å²) in [6, 6.07) is 7.76. The lowest BCUT2D eigenvalue weighted by atomic mass is 9.89. The van der Waals surface area contributed by atoms with Crippen molar-refractivity contribution >= 4 is 29.6 Å². The highest BCUT2D eigenvalue weighted by Gasteiger charge is 2.24. The van der Waals surface area contributed by atoms with Crippen LogP contribution in [-0.4, -0.2) is 67.0 Å². The molecule has 2 aliphatic rings. The molecule has 1 aromatic carbocycles. The average molecular weight is 553 g/mol. The van der Waals surface area contributed by atoms with E-state index in [0.29, 0.717) is 56.8 Å². The number of nitrogens with one attached hydrogen (secondary N) is 1. The van der Waals surface area contributed by atoms with Gasteiger partial charge in [0.05, 0.1) is 26.2 Å². The number of carbonyl (C=O) groups excluding carboxylic acids is 3. The first-order valence-corrected chi connectivity index (χ1v) is 14.0. The quantitative estimate of drug-likeness (QED) is 0.311. The number of amides is 2. The van der Waals surface area contributed by atoms with E-state index in [1.165, 1.54) is 0 Å². The molecule has 9 nitrogen and oxygen atoms in total. The van der Waals surface area contributed by atoms with Crippen LogP contribution in [0.3, 0.4) is 0 Å². The third kappa shape index (κ3) is 10.4. The van der Waals surface area contributed by atoms with Crippen LogP contribution in [0.2, 0.25) is 0 Å².